The number of benzene rings is 1. The van der Waals surface area contributed by atoms with Crippen molar-refractivity contribution in [3.05, 3.63) is 53.5 Å². The molecule has 6 nitrogen and oxygen atoms in total. The highest BCUT2D eigenvalue weighted by atomic mass is 16.5. The topological polar surface area (TPSA) is 63.9 Å². The van der Waals surface area contributed by atoms with Crippen molar-refractivity contribution in [3.63, 3.8) is 0 Å². The Labute approximate surface area is 160 Å². The molecule has 3 rings (SSSR count). The lowest BCUT2D eigenvalue weighted by atomic mass is 10.1. The van der Waals surface area contributed by atoms with E-state index in [0.717, 1.165) is 42.3 Å². The van der Waals surface area contributed by atoms with Crippen LogP contribution in [0.1, 0.15) is 42.9 Å². The molecule has 146 valence electrons. The van der Waals surface area contributed by atoms with Gasteiger partial charge in [-0.15, -0.1) is 0 Å². The van der Waals surface area contributed by atoms with E-state index < -0.39 is 0 Å². The lowest BCUT2D eigenvalue weighted by Gasteiger charge is -2.27. The first-order chi connectivity index (χ1) is 13.1. The number of nitrogens with zero attached hydrogens (tertiary/aromatic N) is 1. The van der Waals surface area contributed by atoms with Gasteiger partial charge in [0.05, 0.1) is 25.8 Å². The molecule has 27 heavy (non-hydrogen) atoms. The second-order valence-corrected chi connectivity index (χ2v) is 6.95. The minimum Gasteiger partial charge on any atom is -0.496 e. The Morgan fingerprint density at radius 3 is 2.81 bits per heavy atom. The fraction of sp³-hybridized carbons (Fsp3) is 0.476. The molecule has 1 aliphatic rings. The molecule has 2 unspecified atom stereocenters. The molecule has 1 N–H and O–H groups in total. The number of hydrogen-bond donors (Lipinski definition) is 1. The van der Waals surface area contributed by atoms with E-state index in [4.69, 9.17) is 13.9 Å². The predicted octanol–water partition coefficient (Wildman–Crippen LogP) is 4.05. The number of ether oxygens (including phenoxy) is 2. The van der Waals surface area contributed by atoms with Crippen LogP contribution in [0.3, 0.4) is 0 Å². The summed E-state index contributed by atoms with van der Waals surface area (Å²) in [6.07, 6.45) is 2.09. The third-order valence-corrected chi connectivity index (χ3v) is 4.82. The largest absolute Gasteiger partial charge is 0.496 e. The zero-order valence-electron chi connectivity index (χ0n) is 16.2. The Hall–Kier alpha value is -2.47. The predicted molar refractivity (Wildman–Crippen MR) is 103 cm³/mol. The van der Waals surface area contributed by atoms with E-state index in [0.29, 0.717) is 13.1 Å². The average molecular weight is 372 g/mol. The van der Waals surface area contributed by atoms with E-state index in [-0.39, 0.29) is 18.2 Å². The number of rotatable bonds is 7. The standard InChI is InChI=1S/C21H28N2O4/c1-15-10-11-19(27-15)16(2)22-21(24)23(14-18-8-6-12-26-18)13-17-7-4-5-9-20(17)25-3/h4-5,7,9-11,16,18H,6,8,12-14H2,1-3H3,(H,22,24). The number of para-hydroxylation sites is 1. The van der Waals surface area contributed by atoms with E-state index in [2.05, 4.69) is 5.32 Å². The van der Waals surface area contributed by atoms with E-state index in [1.54, 1.807) is 12.0 Å². The van der Waals surface area contributed by atoms with Crippen LogP contribution in [0.4, 0.5) is 4.79 Å². The molecule has 2 aromatic rings. The summed E-state index contributed by atoms with van der Waals surface area (Å²) >= 11 is 0. The summed E-state index contributed by atoms with van der Waals surface area (Å²) in [5, 5.41) is 3.04. The minimum atomic E-state index is -0.212. The highest BCUT2D eigenvalue weighted by Crippen LogP contribution is 2.22. The van der Waals surface area contributed by atoms with Gasteiger partial charge in [0.1, 0.15) is 17.3 Å². The summed E-state index contributed by atoms with van der Waals surface area (Å²) in [5.41, 5.74) is 0.967. The second kappa shape index (κ2) is 8.95. The molecule has 0 radical (unpaired) electrons. The fourth-order valence-electron chi connectivity index (χ4n) is 3.33. The highest BCUT2D eigenvalue weighted by molar-refractivity contribution is 5.74. The molecule has 1 aromatic carbocycles. The molecule has 1 saturated heterocycles. The van der Waals surface area contributed by atoms with Crippen LogP contribution in [0.25, 0.3) is 0 Å². The van der Waals surface area contributed by atoms with Gasteiger partial charge in [-0.25, -0.2) is 4.79 Å². The van der Waals surface area contributed by atoms with Crippen LogP contribution in [-0.4, -0.2) is 37.3 Å². The van der Waals surface area contributed by atoms with Gasteiger partial charge in [-0.2, -0.15) is 0 Å². The third kappa shape index (κ3) is 5.04. The Morgan fingerprint density at radius 1 is 1.33 bits per heavy atom. The summed E-state index contributed by atoms with van der Waals surface area (Å²) in [6.45, 7) is 5.58. The molecule has 0 bridgehead atoms. The van der Waals surface area contributed by atoms with Crippen molar-refractivity contribution in [2.45, 2.75) is 45.4 Å². The first kappa shape index (κ1) is 19.3. The van der Waals surface area contributed by atoms with Crippen molar-refractivity contribution in [1.82, 2.24) is 10.2 Å². The Bertz CT molecular complexity index is 752. The van der Waals surface area contributed by atoms with Crippen LogP contribution in [0.5, 0.6) is 5.75 Å². The van der Waals surface area contributed by atoms with Gasteiger partial charge in [0, 0.05) is 18.7 Å². The van der Waals surface area contributed by atoms with Crippen molar-refractivity contribution in [3.8, 4) is 5.75 Å². The van der Waals surface area contributed by atoms with Gasteiger partial charge in [0.15, 0.2) is 0 Å². The summed E-state index contributed by atoms with van der Waals surface area (Å²) in [4.78, 5) is 14.8. The lowest BCUT2D eigenvalue weighted by Crippen LogP contribution is -2.44. The number of carbonyl (C=O) groups is 1. The molecule has 1 aliphatic heterocycles. The van der Waals surface area contributed by atoms with Crippen LogP contribution >= 0.6 is 0 Å². The van der Waals surface area contributed by atoms with Gasteiger partial charge in [0.25, 0.3) is 0 Å². The maximum absolute atomic E-state index is 13.0. The molecule has 6 heteroatoms. The van der Waals surface area contributed by atoms with E-state index in [1.807, 2.05) is 50.2 Å². The van der Waals surface area contributed by atoms with Crippen LogP contribution in [0.2, 0.25) is 0 Å². The zero-order valence-corrected chi connectivity index (χ0v) is 16.2. The van der Waals surface area contributed by atoms with Gasteiger partial charge in [-0.3, -0.25) is 0 Å². The van der Waals surface area contributed by atoms with Crippen molar-refractivity contribution >= 4 is 6.03 Å². The molecule has 0 aliphatic carbocycles. The summed E-state index contributed by atoms with van der Waals surface area (Å²) in [6, 6.07) is 11.2. The number of nitrogens with one attached hydrogen (secondary N) is 1. The summed E-state index contributed by atoms with van der Waals surface area (Å²) in [5.74, 6) is 2.35. The Morgan fingerprint density at radius 2 is 2.15 bits per heavy atom. The first-order valence-corrected chi connectivity index (χ1v) is 9.42. The maximum Gasteiger partial charge on any atom is 0.318 e. The molecule has 0 saturated carbocycles. The van der Waals surface area contributed by atoms with Crippen LogP contribution in [-0.2, 0) is 11.3 Å². The van der Waals surface area contributed by atoms with Crippen molar-refractivity contribution in [1.29, 1.82) is 0 Å². The van der Waals surface area contributed by atoms with Crippen molar-refractivity contribution < 1.29 is 18.7 Å². The second-order valence-electron chi connectivity index (χ2n) is 6.95. The molecular formula is C21H28N2O4. The minimum absolute atomic E-state index is 0.0756. The Balaban J connectivity index is 1.72. The highest BCUT2D eigenvalue weighted by Gasteiger charge is 2.25. The molecule has 1 aromatic heterocycles. The van der Waals surface area contributed by atoms with Gasteiger partial charge < -0.3 is 24.1 Å². The number of carbonyl (C=O) groups excluding carboxylic acids is 1. The van der Waals surface area contributed by atoms with Crippen molar-refractivity contribution in [2.24, 2.45) is 0 Å². The van der Waals surface area contributed by atoms with Crippen LogP contribution in [0, 0.1) is 6.92 Å². The van der Waals surface area contributed by atoms with Gasteiger partial charge in [-0.05, 0) is 44.9 Å². The van der Waals surface area contributed by atoms with Crippen molar-refractivity contribution in [2.75, 3.05) is 20.3 Å². The number of furan rings is 1. The summed E-state index contributed by atoms with van der Waals surface area (Å²) < 4.78 is 16.8. The molecule has 0 spiro atoms. The normalized spacial score (nSPS) is 17.5. The number of urea groups is 1. The third-order valence-electron chi connectivity index (χ3n) is 4.82. The summed E-state index contributed by atoms with van der Waals surface area (Å²) in [7, 11) is 1.64. The fourth-order valence-corrected chi connectivity index (χ4v) is 3.33. The number of amides is 2. The molecule has 2 amide bonds. The van der Waals surface area contributed by atoms with Crippen LogP contribution in [0.15, 0.2) is 40.8 Å². The molecular weight excluding hydrogens is 344 g/mol. The lowest BCUT2D eigenvalue weighted by molar-refractivity contribution is 0.0786. The van der Waals surface area contributed by atoms with Crippen LogP contribution < -0.4 is 10.1 Å². The van der Waals surface area contributed by atoms with Gasteiger partial charge in [0.2, 0.25) is 0 Å². The van der Waals surface area contributed by atoms with E-state index in [9.17, 15) is 4.79 Å². The van der Waals surface area contributed by atoms with E-state index in [1.165, 1.54) is 0 Å². The molecule has 2 heterocycles. The monoisotopic (exact) mass is 372 g/mol. The maximum atomic E-state index is 13.0. The quantitative estimate of drug-likeness (QED) is 0.796. The number of methoxy groups -OCH3 is 1. The molecule has 2 atom stereocenters. The van der Waals surface area contributed by atoms with Gasteiger partial charge in [-0.1, -0.05) is 18.2 Å². The number of aryl methyl sites for hydroxylation is 1. The average Bonchev–Trinajstić information content (AvgIpc) is 3.33. The zero-order chi connectivity index (χ0) is 19.2. The first-order valence-electron chi connectivity index (χ1n) is 9.42. The molecule has 1 fully saturated rings. The number of hydrogen-bond acceptors (Lipinski definition) is 4. The van der Waals surface area contributed by atoms with Gasteiger partial charge >= 0.3 is 6.03 Å². The SMILES string of the molecule is COc1ccccc1CN(CC1CCCO1)C(=O)NC(C)c1ccc(C)o1. The smallest absolute Gasteiger partial charge is 0.318 e. The van der Waals surface area contributed by atoms with E-state index >= 15 is 0 Å². The Kier molecular flexibility index (Phi) is 6.40.